The van der Waals surface area contributed by atoms with Crippen LogP contribution >= 0.6 is 0 Å². The van der Waals surface area contributed by atoms with Crippen molar-refractivity contribution >= 4 is 11.0 Å². The zero-order chi connectivity index (χ0) is 13.3. The molecular weight excluding hydrogens is 238 g/mol. The zero-order valence-electron chi connectivity index (χ0n) is 11.4. The highest BCUT2D eigenvalue weighted by molar-refractivity contribution is 5.76. The molecule has 1 aliphatic heterocycles. The van der Waals surface area contributed by atoms with Gasteiger partial charge in [-0.25, -0.2) is 4.98 Å². The van der Waals surface area contributed by atoms with Crippen molar-refractivity contribution in [2.45, 2.75) is 31.6 Å². The van der Waals surface area contributed by atoms with Gasteiger partial charge in [0, 0.05) is 25.2 Å². The van der Waals surface area contributed by atoms with Crippen LogP contribution in [0.1, 0.15) is 31.2 Å². The summed E-state index contributed by atoms with van der Waals surface area (Å²) in [6.45, 7) is 4.33. The predicted octanol–water partition coefficient (Wildman–Crippen LogP) is 2.13. The Bertz CT molecular complexity index is 570. The SMILES string of the molecule is CCc1ccc2nc(C3(CN)CCOCC3)[nH]c2c1. The molecule has 1 aromatic heterocycles. The molecule has 0 radical (unpaired) electrons. The highest BCUT2D eigenvalue weighted by Crippen LogP contribution is 2.33. The molecule has 1 fully saturated rings. The molecule has 3 N–H and O–H groups in total. The Morgan fingerprint density at radius 1 is 1.37 bits per heavy atom. The summed E-state index contributed by atoms with van der Waals surface area (Å²) in [7, 11) is 0. The van der Waals surface area contributed by atoms with Gasteiger partial charge in [0.05, 0.1) is 11.0 Å². The third kappa shape index (κ3) is 2.15. The third-order valence-electron chi connectivity index (χ3n) is 4.30. The monoisotopic (exact) mass is 259 g/mol. The minimum atomic E-state index is -0.0380. The summed E-state index contributed by atoms with van der Waals surface area (Å²) in [6, 6.07) is 6.43. The van der Waals surface area contributed by atoms with Crippen molar-refractivity contribution in [3.63, 3.8) is 0 Å². The fourth-order valence-electron chi connectivity index (χ4n) is 2.83. The largest absolute Gasteiger partial charge is 0.381 e. The number of imidazole rings is 1. The van der Waals surface area contributed by atoms with Gasteiger partial charge in [0.15, 0.2) is 0 Å². The molecule has 1 aliphatic rings. The Morgan fingerprint density at radius 3 is 2.84 bits per heavy atom. The maximum absolute atomic E-state index is 6.03. The van der Waals surface area contributed by atoms with Gasteiger partial charge in [0.1, 0.15) is 5.82 Å². The average Bonchev–Trinajstić information content (AvgIpc) is 2.91. The summed E-state index contributed by atoms with van der Waals surface area (Å²) in [5.74, 6) is 1.03. The van der Waals surface area contributed by atoms with Crippen LogP contribution in [0, 0.1) is 0 Å². The van der Waals surface area contributed by atoms with E-state index in [0.29, 0.717) is 6.54 Å². The first-order chi connectivity index (χ1) is 9.27. The minimum Gasteiger partial charge on any atom is -0.381 e. The smallest absolute Gasteiger partial charge is 0.114 e. The standard InChI is InChI=1S/C15H21N3O/c1-2-11-3-4-12-13(9-11)18-14(17-12)15(10-16)5-7-19-8-6-15/h3-4,9H,2,5-8,10,16H2,1H3,(H,17,18). The first-order valence-corrected chi connectivity index (χ1v) is 7.04. The minimum absolute atomic E-state index is 0.0380. The van der Waals surface area contributed by atoms with Gasteiger partial charge in [-0.1, -0.05) is 13.0 Å². The Balaban J connectivity index is 2.03. The highest BCUT2D eigenvalue weighted by atomic mass is 16.5. The number of H-pyrrole nitrogens is 1. The Labute approximate surface area is 113 Å². The number of rotatable bonds is 3. The van der Waals surface area contributed by atoms with Crippen molar-refractivity contribution in [3.05, 3.63) is 29.6 Å². The van der Waals surface area contributed by atoms with Crippen molar-refractivity contribution in [1.29, 1.82) is 0 Å². The molecule has 0 atom stereocenters. The fraction of sp³-hybridized carbons (Fsp3) is 0.533. The maximum atomic E-state index is 6.03. The van der Waals surface area contributed by atoms with Crippen LogP contribution in [-0.4, -0.2) is 29.7 Å². The summed E-state index contributed by atoms with van der Waals surface area (Å²) in [6.07, 6.45) is 2.94. The molecule has 1 saturated heterocycles. The molecule has 2 heterocycles. The van der Waals surface area contributed by atoms with Gasteiger partial charge in [0.2, 0.25) is 0 Å². The highest BCUT2D eigenvalue weighted by Gasteiger charge is 2.36. The van der Waals surface area contributed by atoms with Gasteiger partial charge in [-0.15, -0.1) is 0 Å². The molecule has 0 spiro atoms. The second-order valence-corrected chi connectivity index (χ2v) is 5.39. The lowest BCUT2D eigenvalue weighted by molar-refractivity contribution is 0.0503. The predicted molar refractivity (Wildman–Crippen MR) is 76.3 cm³/mol. The van der Waals surface area contributed by atoms with Gasteiger partial charge >= 0.3 is 0 Å². The lowest BCUT2D eigenvalue weighted by Crippen LogP contribution is -2.41. The van der Waals surface area contributed by atoms with Crippen LogP contribution in [0.25, 0.3) is 11.0 Å². The van der Waals surface area contributed by atoms with E-state index in [9.17, 15) is 0 Å². The van der Waals surface area contributed by atoms with Crippen molar-refractivity contribution in [2.75, 3.05) is 19.8 Å². The number of aromatic amines is 1. The zero-order valence-corrected chi connectivity index (χ0v) is 11.4. The molecular formula is C15H21N3O. The Hall–Kier alpha value is -1.39. The van der Waals surface area contributed by atoms with E-state index in [0.717, 1.165) is 49.3 Å². The number of nitrogens with two attached hydrogens (primary N) is 1. The molecule has 4 nitrogen and oxygen atoms in total. The van der Waals surface area contributed by atoms with Crippen LogP contribution in [0.2, 0.25) is 0 Å². The lowest BCUT2D eigenvalue weighted by Gasteiger charge is -2.34. The van der Waals surface area contributed by atoms with Crippen molar-refractivity contribution in [1.82, 2.24) is 9.97 Å². The van der Waals surface area contributed by atoms with E-state index in [1.807, 2.05) is 0 Å². The second-order valence-electron chi connectivity index (χ2n) is 5.39. The topological polar surface area (TPSA) is 63.9 Å². The summed E-state index contributed by atoms with van der Waals surface area (Å²) in [4.78, 5) is 8.25. The van der Waals surface area contributed by atoms with Gasteiger partial charge in [0.25, 0.3) is 0 Å². The number of hydrogen-bond acceptors (Lipinski definition) is 3. The quantitative estimate of drug-likeness (QED) is 0.887. The van der Waals surface area contributed by atoms with E-state index < -0.39 is 0 Å². The number of hydrogen-bond donors (Lipinski definition) is 2. The summed E-state index contributed by atoms with van der Waals surface area (Å²) in [5.41, 5.74) is 9.48. The van der Waals surface area contributed by atoms with Crippen molar-refractivity contribution in [2.24, 2.45) is 5.73 Å². The summed E-state index contributed by atoms with van der Waals surface area (Å²) < 4.78 is 5.46. The van der Waals surface area contributed by atoms with Gasteiger partial charge < -0.3 is 15.5 Å². The number of nitrogens with one attached hydrogen (secondary N) is 1. The van der Waals surface area contributed by atoms with E-state index in [4.69, 9.17) is 15.5 Å². The molecule has 102 valence electrons. The second kappa shape index (κ2) is 4.94. The molecule has 0 unspecified atom stereocenters. The molecule has 1 aromatic carbocycles. The number of ether oxygens (including phenoxy) is 1. The molecule has 2 aromatic rings. The van der Waals surface area contributed by atoms with Gasteiger partial charge in [-0.2, -0.15) is 0 Å². The van der Waals surface area contributed by atoms with Crippen LogP contribution in [0.15, 0.2) is 18.2 Å². The molecule has 3 rings (SSSR count). The van der Waals surface area contributed by atoms with Crippen LogP contribution in [0.5, 0.6) is 0 Å². The number of aryl methyl sites for hydroxylation is 1. The number of fused-ring (bicyclic) bond motifs is 1. The number of benzene rings is 1. The van der Waals surface area contributed by atoms with Crippen LogP contribution < -0.4 is 5.73 Å². The molecule has 0 aliphatic carbocycles. The van der Waals surface area contributed by atoms with E-state index in [2.05, 4.69) is 30.1 Å². The van der Waals surface area contributed by atoms with Crippen molar-refractivity contribution < 1.29 is 4.74 Å². The molecule has 0 amide bonds. The first-order valence-electron chi connectivity index (χ1n) is 7.04. The van der Waals surface area contributed by atoms with Crippen LogP contribution in [-0.2, 0) is 16.6 Å². The number of aromatic nitrogens is 2. The first kappa shape index (κ1) is 12.6. The molecule has 0 bridgehead atoms. The normalized spacial score (nSPS) is 18.8. The van der Waals surface area contributed by atoms with Gasteiger partial charge in [-0.3, -0.25) is 0 Å². The van der Waals surface area contributed by atoms with Crippen molar-refractivity contribution in [3.8, 4) is 0 Å². The van der Waals surface area contributed by atoms with E-state index in [-0.39, 0.29) is 5.41 Å². The molecule has 4 heteroatoms. The molecule has 0 saturated carbocycles. The Kier molecular flexibility index (Phi) is 3.29. The maximum Gasteiger partial charge on any atom is 0.114 e. The van der Waals surface area contributed by atoms with E-state index in [1.165, 1.54) is 5.56 Å². The molecule has 19 heavy (non-hydrogen) atoms. The third-order valence-corrected chi connectivity index (χ3v) is 4.30. The summed E-state index contributed by atoms with van der Waals surface area (Å²) >= 11 is 0. The number of nitrogens with zero attached hydrogens (tertiary/aromatic N) is 1. The van der Waals surface area contributed by atoms with Crippen LogP contribution in [0.4, 0.5) is 0 Å². The summed E-state index contributed by atoms with van der Waals surface area (Å²) in [5, 5.41) is 0. The Morgan fingerprint density at radius 2 is 2.16 bits per heavy atom. The van der Waals surface area contributed by atoms with E-state index in [1.54, 1.807) is 0 Å². The lowest BCUT2D eigenvalue weighted by atomic mass is 9.79. The fourth-order valence-corrected chi connectivity index (χ4v) is 2.83. The van der Waals surface area contributed by atoms with Gasteiger partial charge in [-0.05, 0) is 37.0 Å². The van der Waals surface area contributed by atoms with E-state index >= 15 is 0 Å². The van der Waals surface area contributed by atoms with Crippen LogP contribution in [0.3, 0.4) is 0 Å². The average molecular weight is 259 g/mol.